The maximum Gasteiger partial charge on any atom is 0.416 e. The second kappa shape index (κ2) is 8.19. The number of phenols is 1. The lowest BCUT2D eigenvalue weighted by atomic mass is 9.96. The second-order valence-electron chi connectivity index (χ2n) is 7.12. The number of fused-ring (bicyclic) bond motifs is 1. The highest BCUT2D eigenvalue weighted by Gasteiger charge is 2.30. The maximum absolute atomic E-state index is 13.1. The predicted molar refractivity (Wildman–Crippen MR) is 115 cm³/mol. The minimum Gasteiger partial charge on any atom is -0.507 e. The highest BCUT2D eigenvalue weighted by molar-refractivity contribution is 6.17. The lowest BCUT2D eigenvalue weighted by molar-refractivity contribution is -0.137. The Labute approximate surface area is 180 Å². The summed E-state index contributed by atoms with van der Waals surface area (Å²) in [6, 6.07) is 20.6. The summed E-state index contributed by atoms with van der Waals surface area (Å²) in [5.74, 6) is -1.59. The number of ketones is 1. The predicted octanol–water partition coefficient (Wildman–Crippen LogP) is 6.05. The molecule has 2 N–H and O–H groups in total. The van der Waals surface area contributed by atoms with Gasteiger partial charge in [0.05, 0.1) is 11.1 Å². The van der Waals surface area contributed by atoms with Crippen LogP contribution in [0.5, 0.6) is 5.75 Å². The fourth-order valence-corrected chi connectivity index (χ4v) is 3.41. The number of benzene rings is 4. The van der Waals surface area contributed by atoms with Crippen molar-refractivity contribution in [1.82, 2.24) is 0 Å². The molecule has 160 valence electrons. The Morgan fingerprint density at radius 3 is 2.28 bits per heavy atom. The van der Waals surface area contributed by atoms with Crippen LogP contribution in [0.15, 0.2) is 84.9 Å². The van der Waals surface area contributed by atoms with E-state index < -0.39 is 23.4 Å². The number of alkyl halides is 3. The van der Waals surface area contributed by atoms with Gasteiger partial charge in [-0.05, 0) is 47.2 Å². The van der Waals surface area contributed by atoms with Gasteiger partial charge in [0, 0.05) is 16.8 Å². The van der Waals surface area contributed by atoms with Crippen LogP contribution in [0.3, 0.4) is 0 Å². The number of carbonyl (C=O) groups is 2. The molecule has 0 saturated heterocycles. The number of anilines is 1. The summed E-state index contributed by atoms with van der Waals surface area (Å²) in [5.41, 5.74) is -0.644. The third-order valence-corrected chi connectivity index (χ3v) is 4.99. The van der Waals surface area contributed by atoms with E-state index in [-0.39, 0.29) is 22.6 Å². The molecule has 0 aliphatic rings. The van der Waals surface area contributed by atoms with Crippen LogP contribution in [-0.4, -0.2) is 16.8 Å². The third-order valence-electron chi connectivity index (χ3n) is 4.99. The van der Waals surface area contributed by atoms with Gasteiger partial charge in [0.15, 0.2) is 5.78 Å². The number of nitrogens with one attached hydrogen (secondary N) is 1. The number of hydrogen-bond acceptors (Lipinski definition) is 3. The van der Waals surface area contributed by atoms with Gasteiger partial charge in [-0.25, -0.2) is 0 Å². The maximum atomic E-state index is 13.1. The van der Waals surface area contributed by atoms with Crippen LogP contribution >= 0.6 is 0 Å². The first kappa shape index (κ1) is 21.1. The number of carbonyl (C=O) groups excluding carboxylic acids is 2. The van der Waals surface area contributed by atoms with Gasteiger partial charge in [-0.2, -0.15) is 13.2 Å². The Balaban J connectivity index is 1.66. The Morgan fingerprint density at radius 1 is 0.781 bits per heavy atom. The molecule has 4 aromatic carbocycles. The van der Waals surface area contributed by atoms with E-state index in [1.807, 2.05) is 30.3 Å². The summed E-state index contributed by atoms with van der Waals surface area (Å²) in [7, 11) is 0. The molecule has 0 atom stereocenters. The molecule has 0 aliphatic heterocycles. The van der Waals surface area contributed by atoms with Crippen LogP contribution in [0.25, 0.3) is 10.8 Å². The van der Waals surface area contributed by atoms with Crippen LogP contribution < -0.4 is 5.32 Å². The summed E-state index contributed by atoms with van der Waals surface area (Å²) in [6.07, 6.45) is -4.56. The Bertz CT molecular complexity index is 1340. The number of hydrogen-bond donors (Lipinski definition) is 2. The number of halogens is 3. The molecule has 4 rings (SSSR count). The molecule has 4 nitrogen and oxygen atoms in total. The van der Waals surface area contributed by atoms with Gasteiger partial charge in [0.2, 0.25) is 0 Å². The number of aromatic hydroxyl groups is 1. The Morgan fingerprint density at radius 2 is 1.50 bits per heavy atom. The third kappa shape index (κ3) is 4.18. The fourth-order valence-electron chi connectivity index (χ4n) is 3.41. The molecular formula is C25H16F3NO3. The summed E-state index contributed by atoms with van der Waals surface area (Å²) < 4.78 is 38.7. The van der Waals surface area contributed by atoms with E-state index >= 15 is 0 Å². The minimum absolute atomic E-state index is 0.0880. The average molecular weight is 435 g/mol. The first-order valence-electron chi connectivity index (χ1n) is 9.58. The zero-order valence-electron chi connectivity index (χ0n) is 16.5. The lowest BCUT2D eigenvalue weighted by Crippen LogP contribution is -2.14. The van der Waals surface area contributed by atoms with Crippen LogP contribution in [0.2, 0.25) is 0 Å². The Hall–Kier alpha value is -4.13. The lowest BCUT2D eigenvalue weighted by Gasteiger charge is -2.12. The molecule has 0 saturated carbocycles. The summed E-state index contributed by atoms with van der Waals surface area (Å²) in [6.45, 7) is 0. The van der Waals surface area contributed by atoms with Gasteiger partial charge in [0.25, 0.3) is 5.91 Å². The molecule has 0 aromatic heterocycles. The van der Waals surface area contributed by atoms with E-state index in [9.17, 15) is 27.9 Å². The van der Waals surface area contributed by atoms with Gasteiger partial charge in [0.1, 0.15) is 5.75 Å². The van der Waals surface area contributed by atoms with Crippen molar-refractivity contribution < 1.29 is 27.9 Å². The normalized spacial score (nSPS) is 11.3. The zero-order chi connectivity index (χ0) is 22.9. The van der Waals surface area contributed by atoms with Crippen LogP contribution in [0.4, 0.5) is 18.9 Å². The van der Waals surface area contributed by atoms with Crippen LogP contribution in [0, 0.1) is 0 Å². The van der Waals surface area contributed by atoms with E-state index in [1.54, 1.807) is 12.1 Å². The summed E-state index contributed by atoms with van der Waals surface area (Å²) >= 11 is 0. The molecule has 32 heavy (non-hydrogen) atoms. The van der Waals surface area contributed by atoms with Gasteiger partial charge < -0.3 is 10.4 Å². The molecule has 0 radical (unpaired) electrons. The first-order valence-corrected chi connectivity index (χ1v) is 9.58. The highest BCUT2D eigenvalue weighted by Crippen LogP contribution is 2.31. The van der Waals surface area contributed by atoms with Gasteiger partial charge >= 0.3 is 6.18 Å². The van der Waals surface area contributed by atoms with Crippen molar-refractivity contribution in [2.75, 3.05) is 5.32 Å². The zero-order valence-corrected chi connectivity index (χ0v) is 16.5. The fraction of sp³-hybridized carbons (Fsp3) is 0.0400. The van der Waals surface area contributed by atoms with Crippen molar-refractivity contribution in [3.63, 3.8) is 0 Å². The van der Waals surface area contributed by atoms with Crippen molar-refractivity contribution in [3.05, 3.63) is 107 Å². The van der Waals surface area contributed by atoms with Crippen LogP contribution in [0.1, 0.15) is 31.8 Å². The first-order chi connectivity index (χ1) is 15.2. The van der Waals surface area contributed by atoms with E-state index in [1.165, 1.54) is 30.3 Å². The van der Waals surface area contributed by atoms with Crippen LogP contribution in [-0.2, 0) is 6.18 Å². The molecule has 0 spiro atoms. The van der Waals surface area contributed by atoms with E-state index in [4.69, 9.17) is 0 Å². The van der Waals surface area contributed by atoms with E-state index in [0.29, 0.717) is 5.56 Å². The van der Waals surface area contributed by atoms with E-state index in [2.05, 4.69) is 5.32 Å². The van der Waals surface area contributed by atoms with Gasteiger partial charge in [-0.3, -0.25) is 9.59 Å². The Kier molecular flexibility index (Phi) is 5.40. The molecule has 4 aromatic rings. The molecule has 0 bridgehead atoms. The van der Waals surface area contributed by atoms with Gasteiger partial charge in [-0.15, -0.1) is 0 Å². The summed E-state index contributed by atoms with van der Waals surface area (Å²) in [5, 5.41) is 14.1. The molecule has 0 fully saturated rings. The summed E-state index contributed by atoms with van der Waals surface area (Å²) in [4.78, 5) is 25.8. The quantitative estimate of drug-likeness (QED) is 0.384. The van der Waals surface area contributed by atoms with Crippen molar-refractivity contribution >= 4 is 28.2 Å². The molecule has 0 aliphatic carbocycles. The van der Waals surface area contributed by atoms with Crippen molar-refractivity contribution in [2.45, 2.75) is 6.18 Å². The van der Waals surface area contributed by atoms with Crippen molar-refractivity contribution in [1.29, 1.82) is 0 Å². The minimum atomic E-state index is -4.56. The number of phenolic OH excluding ortho intramolecular Hbond substituents is 1. The smallest absolute Gasteiger partial charge is 0.416 e. The number of rotatable bonds is 4. The largest absolute Gasteiger partial charge is 0.507 e. The molecular weight excluding hydrogens is 419 g/mol. The van der Waals surface area contributed by atoms with E-state index in [0.717, 1.165) is 22.9 Å². The molecule has 1 amide bonds. The van der Waals surface area contributed by atoms with Crippen molar-refractivity contribution in [2.24, 2.45) is 0 Å². The molecule has 7 heteroatoms. The molecule has 0 heterocycles. The topological polar surface area (TPSA) is 66.4 Å². The number of amides is 1. The highest BCUT2D eigenvalue weighted by atomic mass is 19.4. The van der Waals surface area contributed by atoms with Gasteiger partial charge in [-0.1, -0.05) is 48.5 Å². The monoisotopic (exact) mass is 435 g/mol. The standard InChI is InChI=1S/C25H16F3NO3/c26-25(27,28)17-7-4-8-18(14-17)29-24(32)21-13-16(11-12-22(21)30)23(31)20-10-3-6-15-5-1-2-9-19(15)20/h1-14,30H,(H,29,32). The SMILES string of the molecule is O=C(Nc1cccc(C(F)(F)F)c1)c1cc(C(=O)c2cccc3ccccc23)ccc1O. The second-order valence-corrected chi connectivity index (χ2v) is 7.12. The molecule has 0 unspecified atom stereocenters. The van der Waals surface area contributed by atoms with Crippen molar-refractivity contribution in [3.8, 4) is 5.75 Å². The average Bonchev–Trinajstić information content (AvgIpc) is 2.78.